The van der Waals surface area contributed by atoms with E-state index in [1.165, 1.54) is 0 Å². The van der Waals surface area contributed by atoms with E-state index < -0.39 is 23.8 Å². The Hall–Kier alpha value is -1.84. The Morgan fingerprint density at radius 1 is 0.947 bits per heavy atom. The maximum absolute atomic E-state index is 11.4. The predicted molar refractivity (Wildman–Crippen MR) is 67.6 cm³/mol. The van der Waals surface area contributed by atoms with Crippen LogP contribution in [-0.4, -0.2) is 22.2 Å². The summed E-state index contributed by atoms with van der Waals surface area (Å²) in [5, 5.41) is 18.6. The third-order valence-electron chi connectivity index (χ3n) is 4.80. The fourth-order valence-electron chi connectivity index (χ4n) is 4.14. The average Bonchev–Trinajstić information content (AvgIpc) is 2.96. The number of hydrogen-bond acceptors (Lipinski definition) is 2. The molecule has 3 rings (SSSR count). The summed E-state index contributed by atoms with van der Waals surface area (Å²) in [7, 11) is 0. The first-order valence-corrected chi connectivity index (χ1v) is 6.60. The number of benzene rings is 1. The van der Waals surface area contributed by atoms with E-state index in [0.717, 1.165) is 18.4 Å². The molecule has 4 heteroatoms. The summed E-state index contributed by atoms with van der Waals surface area (Å²) >= 11 is 0. The van der Waals surface area contributed by atoms with E-state index in [2.05, 4.69) is 0 Å². The third kappa shape index (κ3) is 1.82. The van der Waals surface area contributed by atoms with Crippen molar-refractivity contribution in [2.24, 2.45) is 23.7 Å². The highest BCUT2D eigenvalue weighted by molar-refractivity contribution is 5.82. The molecule has 1 aromatic rings. The molecule has 0 unspecified atom stereocenters. The first-order chi connectivity index (χ1) is 9.09. The van der Waals surface area contributed by atoms with Gasteiger partial charge in [0.2, 0.25) is 0 Å². The van der Waals surface area contributed by atoms with Crippen molar-refractivity contribution in [2.75, 3.05) is 0 Å². The minimum Gasteiger partial charge on any atom is -0.481 e. The quantitative estimate of drug-likeness (QED) is 0.873. The van der Waals surface area contributed by atoms with Crippen LogP contribution >= 0.6 is 0 Å². The van der Waals surface area contributed by atoms with Crippen LogP contribution in [-0.2, 0) is 9.59 Å². The molecule has 2 N–H and O–H groups in total. The number of carbonyl (C=O) groups is 2. The largest absolute Gasteiger partial charge is 0.481 e. The molecule has 2 aliphatic carbocycles. The van der Waals surface area contributed by atoms with Gasteiger partial charge in [0.25, 0.3) is 0 Å². The van der Waals surface area contributed by atoms with Crippen LogP contribution in [0.1, 0.15) is 24.3 Å². The van der Waals surface area contributed by atoms with Gasteiger partial charge in [-0.1, -0.05) is 30.3 Å². The Bertz CT molecular complexity index is 510. The summed E-state index contributed by atoms with van der Waals surface area (Å²) in [6.45, 7) is 0. The number of carboxylic acids is 2. The molecule has 0 spiro atoms. The van der Waals surface area contributed by atoms with Crippen molar-refractivity contribution in [1.29, 1.82) is 0 Å². The van der Waals surface area contributed by atoms with Gasteiger partial charge in [0.05, 0.1) is 11.8 Å². The molecular formula is C15H16O4. The smallest absolute Gasteiger partial charge is 0.307 e. The number of hydrogen-bond donors (Lipinski definition) is 2. The highest BCUT2D eigenvalue weighted by atomic mass is 16.4. The van der Waals surface area contributed by atoms with Crippen molar-refractivity contribution in [3.05, 3.63) is 35.9 Å². The Labute approximate surface area is 111 Å². The lowest BCUT2D eigenvalue weighted by atomic mass is 9.71. The maximum Gasteiger partial charge on any atom is 0.307 e. The van der Waals surface area contributed by atoms with Crippen molar-refractivity contribution in [1.82, 2.24) is 0 Å². The van der Waals surface area contributed by atoms with E-state index in [4.69, 9.17) is 0 Å². The lowest BCUT2D eigenvalue weighted by Gasteiger charge is -2.31. The lowest BCUT2D eigenvalue weighted by Crippen LogP contribution is -2.37. The molecule has 100 valence electrons. The van der Waals surface area contributed by atoms with Gasteiger partial charge in [0.1, 0.15) is 0 Å². The first kappa shape index (κ1) is 12.2. The molecule has 2 aliphatic rings. The van der Waals surface area contributed by atoms with Gasteiger partial charge in [-0.3, -0.25) is 9.59 Å². The molecule has 2 bridgehead atoms. The summed E-state index contributed by atoms with van der Waals surface area (Å²) in [6, 6.07) is 9.86. The Kier molecular flexibility index (Phi) is 2.81. The zero-order valence-electron chi connectivity index (χ0n) is 10.4. The second-order valence-corrected chi connectivity index (χ2v) is 5.64. The number of fused-ring (bicyclic) bond motifs is 2. The molecule has 0 aliphatic heterocycles. The standard InChI is InChI=1S/C15H16O4/c16-14(17)12-9-6-10(8-4-2-1-3-5-8)11(7-9)13(12)15(18)19/h1-5,9-13H,6-7H2,(H,16,17)(H,18,19)/t9-,10-,11+,12-,13+/m1/s1. The summed E-state index contributed by atoms with van der Waals surface area (Å²) in [5.41, 5.74) is 1.14. The van der Waals surface area contributed by atoms with Crippen molar-refractivity contribution >= 4 is 11.9 Å². The summed E-state index contributed by atoms with van der Waals surface area (Å²) in [4.78, 5) is 22.7. The van der Waals surface area contributed by atoms with Crippen LogP contribution in [0, 0.1) is 23.7 Å². The van der Waals surface area contributed by atoms with Gasteiger partial charge in [0, 0.05) is 0 Å². The number of rotatable bonds is 3. The lowest BCUT2D eigenvalue weighted by molar-refractivity contribution is -0.156. The molecule has 0 amide bonds. The Morgan fingerprint density at radius 3 is 2.16 bits per heavy atom. The van der Waals surface area contributed by atoms with E-state index in [1.54, 1.807) is 0 Å². The van der Waals surface area contributed by atoms with Gasteiger partial charge >= 0.3 is 11.9 Å². The molecule has 2 saturated carbocycles. The van der Waals surface area contributed by atoms with Crippen molar-refractivity contribution < 1.29 is 19.8 Å². The van der Waals surface area contributed by atoms with Crippen LogP contribution in [0.5, 0.6) is 0 Å². The van der Waals surface area contributed by atoms with Gasteiger partial charge in [-0.2, -0.15) is 0 Å². The third-order valence-corrected chi connectivity index (χ3v) is 4.80. The number of aliphatic carboxylic acids is 2. The molecule has 1 aromatic carbocycles. The van der Waals surface area contributed by atoms with Crippen LogP contribution in [0.3, 0.4) is 0 Å². The molecule has 0 aromatic heterocycles. The van der Waals surface area contributed by atoms with E-state index in [-0.39, 0.29) is 17.8 Å². The molecule has 0 heterocycles. The monoisotopic (exact) mass is 260 g/mol. The zero-order chi connectivity index (χ0) is 13.6. The van der Waals surface area contributed by atoms with Crippen LogP contribution in [0.4, 0.5) is 0 Å². The van der Waals surface area contributed by atoms with Crippen molar-refractivity contribution in [3.8, 4) is 0 Å². The molecule has 0 radical (unpaired) electrons. The molecule has 0 saturated heterocycles. The fraction of sp³-hybridized carbons (Fsp3) is 0.467. The average molecular weight is 260 g/mol. The fourth-order valence-corrected chi connectivity index (χ4v) is 4.14. The van der Waals surface area contributed by atoms with E-state index in [1.807, 2.05) is 30.3 Å². The van der Waals surface area contributed by atoms with Gasteiger partial charge < -0.3 is 10.2 Å². The topological polar surface area (TPSA) is 74.6 Å². The summed E-state index contributed by atoms with van der Waals surface area (Å²) in [6.07, 6.45) is 1.53. The molecule has 4 nitrogen and oxygen atoms in total. The minimum atomic E-state index is -0.958. The van der Waals surface area contributed by atoms with Crippen LogP contribution in [0.2, 0.25) is 0 Å². The minimum absolute atomic E-state index is 0.00815. The van der Waals surface area contributed by atoms with Crippen molar-refractivity contribution in [3.63, 3.8) is 0 Å². The maximum atomic E-state index is 11.4. The molecule has 2 fully saturated rings. The highest BCUT2D eigenvalue weighted by Crippen LogP contribution is 2.58. The summed E-state index contributed by atoms with van der Waals surface area (Å²) < 4.78 is 0. The van der Waals surface area contributed by atoms with Gasteiger partial charge in [-0.25, -0.2) is 0 Å². The van der Waals surface area contributed by atoms with Crippen LogP contribution in [0.15, 0.2) is 30.3 Å². The van der Waals surface area contributed by atoms with E-state index >= 15 is 0 Å². The molecule has 5 atom stereocenters. The second-order valence-electron chi connectivity index (χ2n) is 5.64. The summed E-state index contributed by atoms with van der Waals surface area (Å²) in [5.74, 6) is -3.18. The predicted octanol–water partition coefficient (Wildman–Crippen LogP) is 2.21. The second kappa shape index (κ2) is 4.37. The molecule has 19 heavy (non-hydrogen) atoms. The Morgan fingerprint density at radius 2 is 1.58 bits per heavy atom. The van der Waals surface area contributed by atoms with E-state index in [9.17, 15) is 19.8 Å². The van der Waals surface area contributed by atoms with Crippen LogP contribution < -0.4 is 0 Å². The van der Waals surface area contributed by atoms with Gasteiger partial charge in [-0.15, -0.1) is 0 Å². The van der Waals surface area contributed by atoms with Gasteiger partial charge in [0.15, 0.2) is 0 Å². The zero-order valence-corrected chi connectivity index (χ0v) is 10.4. The number of carboxylic acid groups (broad SMARTS) is 2. The van der Waals surface area contributed by atoms with E-state index in [0.29, 0.717) is 0 Å². The highest BCUT2D eigenvalue weighted by Gasteiger charge is 2.58. The van der Waals surface area contributed by atoms with Gasteiger partial charge in [-0.05, 0) is 36.2 Å². The van der Waals surface area contributed by atoms with Crippen molar-refractivity contribution in [2.45, 2.75) is 18.8 Å². The molecular weight excluding hydrogens is 244 g/mol. The Balaban J connectivity index is 1.92. The van der Waals surface area contributed by atoms with Crippen LogP contribution in [0.25, 0.3) is 0 Å². The SMILES string of the molecule is O=C(O)[C@@H]1[C@H]2C[C@H]([C@@H]1C(=O)O)[C@@H](c1ccccc1)C2. The first-order valence-electron chi connectivity index (χ1n) is 6.60. The normalized spacial score (nSPS) is 36.3.